The van der Waals surface area contributed by atoms with Crippen LogP contribution in [0.25, 0.3) is 0 Å². The van der Waals surface area contributed by atoms with Crippen molar-refractivity contribution in [2.75, 3.05) is 4.90 Å². The number of amides is 2. The van der Waals surface area contributed by atoms with Crippen LogP contribution in [0.5, 0.6) is 0 Å². The molecule has 2 saturated heterocycles. The molecule has 0 spiro atoms. The first-order chi connectivity index (χ1) is 14.7. The van der Waals surface area contributed by atoms with Crippen molar-refractivity contribution in [2.45, 2.75) is 39.8 Å². The van der Waals surface area contributed by atoms with E-state index in [4.69, 9.17) is 0 Å². The average molecular weight is 415 g/mol. The predicted octanol–water partition coefficient (Wildman–Crippen LogP) is 3.49. The highest BCUT2D eigenvalue weighted by molar-refractivity contribution is 6.24. The molecule has 3 aliphatic rings. The fraction of sp³-hybridized carbons (Fsp3) is 0.360. The number of aryl methyl sites for hydroxylation is 1. The minimum Gasteiger partial charge on any atom is -0.297 e. The van der Waals surface area contributed by atoms with Crippen LogP contribution in [0.15, 0.2) is 53.6 Å². The van der Waals surface area contributed by atoms with Crippen LogP contribution in [0.4, 0.5) is 5.69 Å². The fourth-order valence-corrected chi connectivity index (χ4v) is 5.06. The van der Waals surface area contributed by atoms with Crippen molar-refractivity contribution in [1.82, 2.24) is 5.01 Å². The van der Waals surface area contributed by atoms with Crippen LogP contribution < -0.4 is 4.90 Å². The Labute approximate surface area is 181 Å². The van der Waals surface area contributed by atoms with Crippen molar-refractivity contribution in [3.8, 4) is 0 Å². The molecule has 0 aliphatic carbocycles. The van der Waals surface area contributed by atoms with E-state index in [1.807, 2.05) is 64.1 Å². The van der Waals surface area contributed by atoms with Gasteiger partial charge in [-0.1, -0.05) is 62.7 Å². The van der Waals surface area contributed by atoms with Crippen LogP contribution in [-0.4, -0.2) is 34.9 Å². The van der Waals surface area contributed by atoms with Gasteiger partial charge >= 0.3 is 0 Å². The van der Waals surface area contributed by atoms with Crippen LogP contribution in [0.2, 0.25) is 0 Å². The lowest BCUT2D eigenvalue weighted by Crippen LogP contribution is -2.48. The van der Waals surface area contributed by atoms with Crippen LogP contribution in [-0.2, 0) is 14.4 Å². The number of anilines is 1. The van der Waals surface area contributed by atoms with Crippen molar-refractivity contribution in [3.63, 3.8) is 0 Å². The van der Waals surface area contributed by atoms with Crippen molar-refractivity contribution >= 4 is 29.5 Å². The maximum atomic E-state index is 13.7. The monoisotopic (exact) mass is 415 g/mol. The van der Waals surface area contributed by atoms with Gasteiger partial charge in [-0.2, -0.15) is 5.10 Å². The van der Waals surface area contributed by atoms with E-state index in [0.717, 1.165) is 16.7 Å². The molecule has 2 fully saturated rings. The smallest absolute Gasteiger partial charge is 0.240 e. The highest BCUT2D eigenvalue weighted by Gasteiger charge is 2.66. The number of hydrogen-bond donors (Lipinski definition) is 0. The van der Waals surface area contributed by atoms with Gasteiger partial charge in [0.15, 0.2) is 5.78 Å². The molecule has 3 aliphatic heterocycles. The number of carbonyl (C=O) groups is 3. The SMILES string of the molecule is Cc1ccc(N2C(=O)[C@H]3[C@@H](C2=O)C2c4ccccc4C=NN2[C@H]3C(=O)C(C)(C)C)cc1. The number of imide groups is 1. The van der Waals surface area contributed by atoms with Gasteiger partial charge < -0.3 is 0 Å². The second-order valence-corrected chi connectivity index (χ2v) is 9.66. The third-order valence-corrected chi connectivity index (χ3v) is 6.59. The number of hydrogen-bond acceptors (Lipinski definition) is 5. The molecule has 0 aromatic heterocycles. The second-order valence-electron chi connectivity index (χ2n) is 9.66. The quantitative estimate of drug-likeness (QED) is 0.704. The molecule has 2 aromatic carbocycles. The average Bonchev–Trinajstić information content (AvgIpc) is 3.20. The third-order valence-electron chi connectivity index (χ3n) is 6.59. The Balaban J connectivity index is 1.66. The Morgan fingerprint density at radius 1 is 0.935 bits per heavy atom. The van der Waals surface area contributed by atoms with Gasteiger partial charge in [-0.25, -0.2) is 4.90 Å². The van der Waals surface area contributed by atoms with Crippen molar-refractivity contribution in [2.24, 2.45) is 22.4 Å². The standard InChI is InChI=1S/C25H25N3O3/c1-14-9-11-16(12-10-14)27-23(30)18-19(24(27)31)21(22(29)25(2,3)4)28-20(18)17-8-6-5-7-15(17)13-26-28/h5-13,18-21H,1-4H3/t18-,19+,20?,21-/m1/s1. The summed E-state index contributed by atoms with van der Waals surface area (Å²) >= 11 is 0. The number of carbonyl (C=O) groups excluding carboxylic acids is 3. The molecule has 6 heteroatoms. The topological polar surface area (TPSA) is 70.1 Å². The van der Waals surface area contributed by atoms with Gasteiger partial charge in [-0.05, 0) is 30.2 Å². The van der Waals surface area contributed by atoms with Crippen LogP contribution in [0.3, 0.4) is 0 Å². The molecule has 0 N–H and O–H groups in total. The van der Waals surface area contributed by atoms with Crippen LogP contribution >= 0.6 is 0 Å². The van der Waals surface area contributed by atoms with E-state index in [9.17, 15) is 14.4 Å². The molecule has 0 bridgehead atoms. The maximum Gasteiger partial charge on any atom is 0.240 e. The van der Waals surface area contributed by atoms with Gasteiger partial charge in [-0.3, -0.25) is 19.4 Å². The lowest BCUT2D eigenvalue weighted by molar-refractivity contribution is -0.136. The van der Waals surface area contributed by atoms with E-state index in [2.05, 4.69) is 5.10 Å². The highest BCUT2D eigenvalue weighted by Crippen LogP contribution is 2.53. The van der Waals surface area contributed by atoms with Gasteiger partial charge in [0.25, 0.3) is 0 Å². The Morgan fingerprint density at radius 3 is 2.26 bits per heavy atom. The summed E-state index contributed by atoms with van der Waals surface area (Å²) in [6.45, 7) is 7.49. The summed E-state index contributed by atoms with van der Waals surface area (Å²) in [4.78, 5) is 42.1. The molecule has 4 atom stereocenters. The van der Waals surface area contributed by atoms with Gasteiger partial charge in [0, 0.05) is 5.41 Å². The number of ketones is 1. The summed E-state index contributed by atoms with van der Waals surface area (Å²) in [6.07, 6.45) is 1.72. The van der Waals surface area contributed by atoms with Crippen molar-refractivity contribution in [1.29, 1.82) is 0 Å². The lowest BCUT2D eigenvalue weighted by Gasteiger charge is -2.35. The Morgan fingerprint density at radius 2 is 1.58 bits per heavy atom. The summed E-state index contributed by atoms with van der Waals surface area (Å²) in [5.74, 6) is -2.06. The minimum absolute atomic E-state index is 0.0755. The number of fused-ring (bicyclic) bond motifs is 5. The van der Waals surface area contributed by atoms with Crippen LogP contribution in [0, 0.1) is 24.2 Å². The molecular weight excluding hydrogens is 390 g/mol. The molecule has 2 aromatic rings. The molecular formula is C25H25N3O3. The first-order valence-electron chi connectivity index (χ1n) is 10.6. The summed E-state index contributed by atoms with van der Waals surface area (Å²) in [6, 6.07) is 13.9. The highest BCUT2D eigenvalue weighted by atomic mass is 16.2. The Hall–Kier alpha value is -3.28. The van der Waals surface area contributed by atoms with E-state index in [1.54, 1.807) is 23.4 Å². The van der Waals surface area contributed by atoms with E-state index in [1.165, 1.54) is 4.90 Å². The molecule has 5 rings (SSSR count). The number of nitrogens with zero attached hydrogens (tertiary/aromatic N) is 3. The zero-order valence-corrected chi connectivity index (χ0v) is 18.1. The molecule has 0 radical (unpaired) electrons. The number of rotatable bonds is 2. The van der Waals surface area contributed by atoms with E-state index in [-0.39, 0.29) is 17.6 Å². The van der Waals surface area contributed by atoms with Gasteiger partial charge in [-0.15, -0.1) is 0 Å². The maximum absolute atomic E-state index is 13.7. The molecule has 1 unspecified atom stereocenters. The van der Waals surface area contributed by atoms with E-state index < -0.39 is 29.3 Å². The predicted molar refractivity (Wildman–Crippen MR) is 118 cm³/mol. The van der Waals surface area contributed by atoms with Crippen molar-refractivity contribution in [3.05, 3.63) is 65.2 Å². The summed E-state index contributed by atoms with van der Waals surface area (Å²) in [7, 11) is 0. The van der Waals surface area contributed by atoms with Gasteiger partial charge in [0.1, 0.15) is 6.04 Å². The van der Waals surface area contributed by atoms with E-state index in [0.29, 0.717) is 5.69 Å². The normalized spacial score (nSPS) is 26.7. The van der Waals surface area contributed by atoms with Crippen molar-refractivity contribution < 1.29 is 14.4 Å². The minimum atomic E-state index is -0.772. The summed E-state index contributed by atoms with van der Waals surface area (Å²) in [5.41, 5.74) is 2.78. The zero-order valence-electron chi connectivity index (χ0n) is 18.1. The largest absolute Gasteiger partial charge is 0.297 e. The number of Topliss-reactive ketones (excluding diaryl/α,β-unsaturated/α-hetero) is 1. The Bertz CT molecular complexity index is 1130. The third kappa shape index (κ3) is 2.77. The Kier molecular flexibility index (Phi) is 4.19. The van der Waals surface area contributed by atoms with E-state index >= 15 is 0 Å². The molecule has 2 amide bonds. The molecule has 3 heterocycles. The summed E-state index contributed by atoms with van der Waals surface area (Å²) in [5, 5.41) is 6.29. The van der Waals surface area contributed by atoms with Crippen LogP contribution in [0.1, 0.15) is 43.5 Å². The lowest BCUT2D eigenvalue weighted by atomic mass is 9.79. The molecule has 0 saturated carbocycles. The molecule has 158 valence electrons. The fourth-order valence-electron chi connectivity index (χ4n) is 5.06. The first kappa shape index (κ1) is 19.7. The van der Waals surface area contributed by atoms with Gasteiger partial charge in [0.05, 0.1) is 29.8 Å². The first-order valence-corrected chi connectivity index (χ1v) is 10.6. The molecule has 31 heavy (non-hydrogen) atoms. The zero-order chi connectivity index (χ0) is 22.1. The van der Waals surface area contributed by atoms with Gasteiger partial charge in [0.2, 0.25) is 11.8 Å². The molecule has 6 nitrogen and oxygen atoms in total. The number of benzene rings is 2. The number of hydrazone groups is 1. The second kappa shape index (κ2) is 6.61. The summed E-state index contributed by atoms with van der Waals surface area (Å²) < 4.78 is 0.